The fourth-order valence-electron chi connectivity index (χ4n) is 2.86. The van der Waals surface area contributed by atoms with E-state index in [-0.39, 0.29) is 10.8 Å². The first-order chi connectivity index (χ1) is 11.1. The monoisotopic (exact) mass is 346 g/mol. The van der Waals surface area contributed by atoms with Gasteiger partial charge in [-0.05, 0) is 62.1 Å². The lowest BCUT2D eigenvalue weighted by atomic mass is 10.0. The van der Waals surface area contributed by atoms with E-state index in [1.165, 1.54) is 6.92 Å². The van der Waals surface area contributed by atoms with Gasteiger partial charge >= 0.3 is 0 Å². The van der Waals surface area contributed by atoms with Crippen LogP contribution in [0.25, 0.3) is 0 Å². The van der Waals surface area contributed by atoms with Gasteiger partial charge in [-0.1, -0.05) is 18.2 Å². The van der Waals surface area contributed by atoms with Gasteiger partial charge in [-0.3, -0.25) is 9.52 Å². The molecule has 2 aromatic rings. The van der Waals surface area contributed by atoms with Crippen LogP contribution in [0.15, 0.2) is 35.2 Å². The number of anilines is 2. The molecule has 6 heteroatoms. The lowest BCUT2D eigenvalue weighted by Crippen LogP contribution is -2.18. The molecule has 0 saturated heterocycles. The Hall–Kier alpha value is -2.34. The van der Waals surface area contributed by atoms with Crippen LogP contribution in [0.1, 0.15) is 29.2 Å². The molecule has 0 fully saturated rings. The molecule has 0 atom stereocenters. The first-order valence-electron chi connectivity index (χ1n) is 7.59. The molecular weight excluding hydrogens is 324 g/mol. The van der Waals surface area contributed by atoms with Crippen LogP contribution in [0.2, 0.25) is 0 Å². The molecule has 2 aromatic carbocycles. The van der Waals surface area contributed by atoms with E-state index in [2.05, 4.69) is 10.0 Å². The molecule has 0 heterocycles. The van der Waals surface area contributed by atoms with E-state index in [0.717, 1.165) is 11.1 Å². The minimum atomic E-state index is -3.77. The zero-order valence-corrected chi connectivity index (χ0v) is 15.3. The van der Waals surface area contributed by atoms with Crippen molar-refractivity contribution >= 4 is 27.3 Å². The van der Waals surface area contributed by atoms with Gasteiger partial charge < -0.3 is 5.32 Å². The fraction of sp³-hybridized carbons (Fsp3) is 0.278. The van der Waals surface area contributed by atoms with Gasteiger partial charge in [-0.25, -0.2) is 8.42 Å². The molecule has 0 aromatic heterocycles. The molecule has 0 unspecified atom stereocenters. The number of aryl methyl sites for hydroxylation is 3. The zero-order chi connectivity index (χ0) is 18.1. The molecule has 0 bridgehead atoms. The van der Waals surface area contributed by atoms with Crippen LogP contribution in [0, 0.1) is 27.7 Å². The lowest BCUT2D eigenvalue weighted by molar-refractivity contribution is -0.114. The SMILES string of the molecule is CC(=O)Nc1c(C)cc(C)c(S(=O)(=O)Nc2cccc(C)c2)c1C. The average Bonchev–Trinajstić information content (AvgIpc) is 2.42. The lowest BCUT2D eigenvalue weighted by Gasteiger charge is -2.18. The summed E-state index contributed by atoms with van der Waals surface area (Å²) in [5.74, 6) is -0.236. The summed E-state index contributed by atoms with van der Waals surface area (Å²) >= 11 is 0. The molecular formula is C18H22N2O3S. The third kappa shape index (κ3) is 3.76. The van der Waals surface area contributed by atoms with Crippen molar-refractivity contribution in [3.63, 3.8) is 0 Å². The topological polar surface area (TPSA) is 75.3 Å². The molecule has 128 valence electrons. The van der Waals surface area contributed by atoms with E-state index in [0.29, 0.717) is 22.5 Å². The highest BCUT2D eigenvalue weighted by Gasteiger charge is 2.23. The first kappa shape index (κ1) is 18.0. The molecule has 0 aliphatic heterocycles. The van der Waals surface area contributed by atoms with Gasteiger partial charge in [-0.2, -0.15) is 0 Å². The summed E-state index contributed by atoms with van der Waals surface area (Å²) in [6.45, 7) is 8.60. The molecule has 5 nitrogen and oxygen atoms in total. The Morgan fingerprint density at radius 3 is 2.25 bits per heavy atom. The normalized spacial score (nSPS) is 11.2. The van der Waals surface area contributed by atoms with E-state index >= 15 is 0 Å². The number of nitrogens with one attached hydrogen (secondary N) is 2. The molecule has 0 saturated carbocycles. The largest absolute Gasteiger partial charge is 0.326 e. The summed E-state index contributed by atoms with van der Waals surface area (Å²) in [4.78, 5) is 11.6. The van der Waals surface area contributed by atoms with Crippen molar-refractivity contribution in [2.75, 3.05) is 10.0 Å². The van der Waals surface area contributed by atoms with Crippen molar-refractivity contribution in [2.24, 2.45) is 0 Å². The van der Waals surface area contributed by atoms with Crippen molar-refractivity contribution in [3.8, 4) is 0 Å². The number of hydrogen-bond donors (Lipinski definition) is 2. The quantitative estimate of drug-likeness (QED) is 0.887. The number of carbonyl (C=O) groups excluding carboxylic acids is 1. The van der Waals surface area contributed by atoms with Crippen molar-refractivity contribution in [3.05, 3.63) is 52.6 Å². The number of benzene rings is 2. The first-order valence-corrected chi connectivity index (χ1v) is 9.08. The van der Waals surface area contributed by atoms with Crippen LogP contribution in [0.5, 0.6) is 0 Å². The van der Waals surface area contributed by atoms with Crippen LogP contribution in [-0.2, 0) is 14.8 Å². The van der Waals surface area contributed by atoms with Crippen LogP contribution in [0.4, 0.5) is 11.4 Å². The molecule has 24 heavy (non-hydrogen) atoms. The second-order valence-electron chi connectivity index (χ2n) is 6.00. The molecule has 0 radical (unpaired) electrons. The van der Waals surface area contributed by atoms with Crippen LogP contribution < -0.4 is 10.0 Å². The van der Waals surface area contributed by atoms with Gasteiger partial charge in [0.15, 0.2) is 0 Å². The predicted octanol–water partition coefficient (Wildman–Crippen LogP) is 3.68. The highest BCUT2D eigenvalue weighted by molar-refractivity contribution is 7.92. The third-order valence-corrected chi connectivity index (χ3v) is 5.41. The van der Waals surface area contributed by atoms with Crippen LogP contribution in [-0.4, -0.2) is 14.3 Å². The number of carbonyl (C=O) groups is 1. The highest BCUT2D eigenvalue weighted by atomic mass is 32.2. The van der Waals surface area contributed by atoms with E-state index in [1.54, 1.807) is 38.1 Å². The Morgan fingerprint density at radius 1 is 1.00 bits per heavy atom. The Labute approximate surface area is 143 Å². The molecule has 2 N–H and O–H groups in total. The smallest absolute Gasteiger partial charge is 0.262 e. The predicted molar refractivity (Wildman–Crippen MR) is 96.9 cm³/mol. The molecule has 1 amide bonds. The van der Waals surface area contributed by atoms with Crippen molar-refractivity contribution in [1.29, 1.82) is 0 Å². The molecule has 2 rings (SSSR count). The average molecular weight is 346 g/mol. The highest BCUT2D eigenvalue weighted by Crippen LogP contribution is 2.31. The number of amides is 1. The van der Waals surface area contributed by atoms with E-state index in [4.69, 9.17) is 0 Å². The Bertz CT molecular complexity index is 903. The summed E-state index contributed by atoms with van der Waals surface area (Å²) in [6, 6.07) is 8.94. The van der Waals surface area contributed by atoms with E-state index < -0.39 is 10.0 Å². The number of sulfonamides is 1. The Morgan fingerprint density at radius 2 is 1.67 bits per heavy atom. The van der Waals surface area contributed by atoms with Gasteiger partial charge in [0.1, 0.15) is 0 Å². The molecule has 0 spiro atoms. The van der Waals surface area contributed by atoms with Crippen molar-refractivity contribution < 1.29 is 13.2 Å². The maximum atomic E-state index is 12.9. The minimum absolute atomic E-state index is 0.193. The molecule has 0 aliphatic rings. The summed E-state index contributed by atoms with van der Waals surface area (Å²) in [5, 5.41) is 2.72. The summed E-state index contributed by atoms with van der Waals surface area (Å²) in [5.41, 5.74) is 4.01. The van der Waals surface area contributed by atoms with Crippen LogP contribution >= 0.6 is 0 Å². The van der Waals surface area contributed by atoms with Gasteiger partial charge in [0.05, 0.1) is 4.90 Å². The maximum Gasteiger partial charge on any atom is 0.262 e. The minimum Gasteiger partial charge on any atom is -0.326 e. The third-order valence-electron chi connectivity index (χ3n) is 3.74. The van der Waals surface area contributed by atoms with Gasteiger partial charge in [0, 0.05) is 18.3 Å². The second-order valence-corrected chi connectivity index (χ2v) is 7.61. The molecule has 0 aliphatic carbocycles. The Kier molecular flexibility index (Phi) is 4.99. The Balaban J connectivity index is 2.55. The zero-order valence-electron chi connectivity index (χ0n) is 14.5. The summed E-state index contributed by atoms with van der Waals surface area (Å²) in [6.07, 6.45) is 0. The second kappa shape index (κ2) is 6.65. The summed E-state index contributed by atoms with van der Waals surface area (Å²) in [7, 11) is -3.77. The standard InChI is InChI=1S/C18H22N2O3S/c1-11-7-6-8-16(9-11)20-24(22,23)18-13(3)10-12(2)17(14(18)4)19-15(5)21/h6-10,20H,1-5H3,(H,19,21). The number of hydrogen-bond acceptors (Lipinski definition) is 3. The van der Waals surface area contributed by atoms with E-state index in [1.807, 2.05) is 19.9 Å². The maximum absolute atomic E-state index is 12.9. The van der Waals surface area contributed by atoms with Crippen molar-refractivity contribution in [2.45, 2.75) is 39.5 Å². The summed E-state index contributed by atoms with van der Waals surface area (Å²) < 4.78 is 28.4. The van der Waals surface area contributed by atoms with Gasteiger partial charge in [0.25, 0.3) is 10.0 Å². The van der Waals surface area contributed by atoms with Crippen molar-refractivity contribution in [1.82, 2.24) is 0 Å². The van der Waals surface area contributed by atoms with Crippen LogP contribution in [0.3, 0.4) is 0 Å². The van der Waals surface area contributed by atoms with Gasteiger partial charge in [0.2, 0.25) is 5.91 Å². The fourth-order valence-corrected chi connectivity index (χ4v) is 4.39. The number of rotatable bonds is 4. The van der Waals surface area contributed by atoms with E-state index in [9.17, 15) is 13.2 Å². The van der Waals surface area contributed by atoms with Gasteiger partial charge in [-0.15, -0.1) is 0 Å².